The van der Waals surface area contributed by atoms with E-state index in [1.807, 2.05) is 24.3 Å². The van der Waals surface area contributed by atoms with Gasteiger partial charge in [-0.3, -0.25) is 4.99 Å². The fourth-order valence-corrected chi connectivity index (χ4v) is 2.28. The maximum absolute atomic E-state index is 12.1. The quantitative estimate of drug-likeness (QED) is 0.314. The summed E-state index contributed by atoms with van der Waals surface area (Å²) in [5.74, 6) is 1.37. The van der Waals surface area contributed by atoms with E-state index in [0.717, 1.165) is 17.7 Å². The zero-order valence-electron chi connectivity index (χ0n) is 16.1. The molecule has 2 aromatic rings. The molecule has 1 aromatic carbocycles. The Labute approximate surface area is 184 Å². The molecule has 1 aromatic heterocycles. The van der Waals surface area contributed by atoms with Crippen LogP contribution in [-0.2, 0) is 13.0 Å². The lowest BCUT2D eigenvalue weighted by atomic mass is 10.1. The molecule has 0 saturated carbocycles. The van der Waals surface area contributed by atoms with Gasteiger partial charge in [-0.25, -0.2) is 4.98 Å². The van der Waals surface area contributed by atoms with Crippen LogP contribution in [0, 0.1) is 0 Å². The number of pyridine rings is 1. The van der Waals surface area contributed by atoms with E-state index >= 15 is 0 Å². The van der Waals surface area contributed by atoms with Crippen molar-refractivity contribution in [2.75, 3.05) is 27.3 Å². The Kier molecular flexibility index (Phi) is 10.6. The molecule has 0 bridgehead atoms. The first-order chi connectivity index (χ1) is 13.4. The Bertz CT molecular complexity index is 754. The fraction of sp³-hybridized carbons (Fsp3) is 0.368. The van der Waals surface area contributed by atoms with Crippen molar-refractivity contribution in [3.63, 3.8) is 0 Å². The molecule has 0 saturated heterocycles. The number of hydrogen-bond donors (Lipinski definition) is 2. The highest BCUT2D eigenvalue weighted by Gasteiger charge is 2.28. The van der Waals surface area contributed by atoms with Crippen molar-refractivity contribution in [3.8, 4) is 11.6 Å². The third kappa shape index (κ3) is 9.68. The maximum atomic E-state index is 12.1. The van der Waals surface area contributed by atoms with Gasteiger partial charge in [-0.05, 0) is 29.7 Å². The maximum Gasteiger partial charge on any atom is 0.422 e. The first-order valence-electron chi connectivity index (χ1n) is 8.61. The van der Waals surface area contributed by atoms with Gasteiger partial charge in [0, 0.05) is 32.4 Å². The molecule has 0 spiro atoms. The van der Waals surface area contributed by atoms with Gasteiger partial charge >= 0.3 is 6.18 Å². The summed E-state index contributed by atoms with van der Waals surface area (Å²) in [7, 11) is 3.29. The average molecular weight is 524 g/mol. The van der Waals surface area contributed by atoms with Crippen LogP contribution in [-0.4, -0.2) is 44.4 Å². The number of ether oxygens (including phenoxy) is 2. The molecule has 1 heterocycles. The minimum atomic E-state index is -4.38. The van der Waals surface area contributed by atoms with E-state index in [1.165, 1.54) is 17.8 Å². The molecule has 0 atom stereocenters. The Morgan fingerprint density at radius 2 is 1.76 bits per heavy atom. The number of methoxy groups -OCH3 is 1. The van der Waals surface area contributed by atoms with Gasteiger partial charge in [0.2, 0.25) is 5.88 Å². The van der Waals surface area contributed by atoms with Crippen molar-refractivity contribution < 1.29 is 22.6 Å². The number of guanidine groups is 1. The number of hydrogen-bond acceptors (Lipinski definition) is 4. The highest BCUT2D eigenvalue weighted by molar-refractivity contribution is 14.0. The topological polar surface area (TPSA) is 67.8 Å². The van der Waals surface area contributed by atoms with E-state index in [-0.39, 0.29) is 29.9 Å². The summed E-state index contributed by atoms with van der Waals surface area (Å²) >= 11 is 0. The third-order valence-electron chi connectivity index (χ3n) is 3.73. The van der Waals surface area contributed by atoms with Crippen LogP contribution in [0.2, 0.25) is 0 Å². The second-order valence-corrected chi connectivity index (χ2v) is 5.86. The first kappa shape index (κ1) is 24.8. The molecule has 160 valence electrons. The van der Waals surface area contributed by atoms with Gasteiger partial charge in [-0.1, -0.05) is 18.2 Å². The van der Waals surface area contributed by atoms with Crippen LogP contribution in [0.15, 0.2) is 47.6 Å². The zero-order chi connectivity index (χ0) is 20.4. The van der Waals surface area contributed by atoms with Gasteiger partial charge in [0.15, 0.2) is 12.6 Å². The van der Waals surface area contributed by atoms with Crippen molar-refractivity contribution in [1.82, 2.24) is 15.6 Å². The Hall–Kier alpha value is -2.24. The zero-order valence-corrected chi connectivity index (χ0v) is 18.5. The van der Waals surface area contributed by atoms with Crippen molar-refractivity contribution in [3.05, 3.63) is 53.7 Å². The molecule has 0 aliphatic heterocycles. The molecule has 2 rings (SSSR count). The van der Waals surface area contributed by atoms with Crippen LogP contribution in [0.25, 0.3) is 0 Å². The first-order valence-corrected chi connectivity index (χ1v) is 8.61. The van der Waals surface area contributed by atoms with E-state index < -0.39 is 12.8 Å². The van der Waals surface area contributed by atoms with Crippen LogP contribution < -0.4 is 20.1 Å². The minimum Gasteiger partial charge on any atom is -0.497 e. The van der Waals surface area contributed by atoms with Crippen LogP contribution >= 0.6 is 24.0 Å². The predicted molar refractivity (Wildman–Crippen MR) is 116 cm³/mol. The molecule has 6 nitrogen and oxygen atoms in total. The molecule has 0 fully saturated rings. The van der Waals surface area contributed by atoms with Crippen molar-refractivity contribution in [2.45, 2.75) is 19.1 Å². The molecule has 0 amide bonds. The average Bonchev–Trinajstić information content (AvgIpc) is 2.69. The summed E-state index contributed by atoms with van der Waals surface area (Å²) in [4.78, 5) is 8.01. The number of benzene rings is 1. The van der Waals surface area contributed by atoms with E-state index in [2.05, 4.69) is 25.3 Å². The highest BCUT2D eigenvalue weighted by Crippen LogP contribution is 2.17. The van der Waals surface area contributed by atoms with E-state index in [1.54, 1.807) is 20.2 Å². The Morgan fingerprint density at radius 1 is 1.07 bits per heavy atom. The van der Waals surface area contributed by atoms with Crippen molar-refractivity contribution >= 4 is 29.9 Å². The SMILES string of the molecule is CN=C(NCCc1ccc(OC)cc1)NCc1ccc(OCC(F)(F)F)nc1.I. The lowest BCUT2D eigenvalue weighted by Gasteiger charge is -2.12. The minimum absolute atomic E-state index is 0. The number of halogens is 4. The smallest absolute Gasteiger partial charge is 0.422 e. The predicted octanol–water partition coefficient (Wildman–Crippen LogP) is 3.56. The molecular weight excluding hydrogens is 500 g/mol. The molecule has 0 unspecified atom stereocenters. The van der Waals surface area contributed by atoms with Gasteiger partial charge in [0.05, 0.1) is 7.11 Å². The third-order valence-corrected chi connectivity index (χ3v) is 3.73. The Morgan fingerprint density at radius 3 is 2.31 bits per heavy atom. The number of alkyl halides is 3. The lowest BCUT2D eigenvalue weighted by Crippen LogP contribution is -2.37. The van der Waals surface area contributed by atoms with Gasteiger partial charge in [-0.2, -0.15) is 13.2 Å². The molecule has 0 aliphatic rings. The number of rotatable bonds is 8. The summed E-state index contributed by atoms with van der Waals surface area (Å²) in [6.07, 6.45) is -2.10. The molecular formula is C19H24F3IN4O2. The molecule has 0 radical (unpaired) electrons. The number of nitrogens with one attached hydrogen (secondary N) is 2. The standard InChI is InChI=1S/C19H23F3N4O2.HI/c1-23-18(24-10-9-14-3-6-16(27-2)7-4-14)26-12-15-5-8-17(25-11-15)28-13-19(20,21)22;/h3-8,11H,9-10,12-13H2,1-2H3,(H2,23,24,26);1H. The van der Waals surface area contributed by atoms with E-state index in [0.29, 0.717) is 19.0 Å². The molecule has 0 aliphatic carbocycles. The van der Waals surface area contributed by atoms with Crippen LogP contribution in [0.5, 0.6) is 11.6 Å². The summed E-state index contributed by atoms with van der Waals surface area (Å²) in [5, 5.41) is 6.33. The normalized spacial score (nSPS) is 11.4. The summed E-state index contributed by atoms with van der Waals surface area (Å²) in [6.45, 7) is -0.244. The van der Waals surface area contributed by atoms with Crippen LogP contribution in [0.3, 0.4) is 0 Å². The largest absolute Gasteiger partial charge is 0.497 e. The fourth-order valence-electron chi connectivity index (χ4n) is 2.28. The summed E-state index contributed by atoms with van der Waals surface area (Å²) in [6, 6.07) is 10.9. The van der Waals surface area contributed by atoms with Gasteiger partial charge < -0.3 is 20.1 Å². The highest BCUT2D eigenvalue weighted by atomic mass is 127. The molecule has 29 heavy (non-hydrogen) atoms. The van der Waals surface area contributed by atoms with Gasteiger partial charge in [0.25, 0.3) is 0 Å². The number of aromatic nitrogens is 1. The summed E-state index contributed by atoms with van der Waals surface area (Å²) < 4.78 is 46.1. The second-order valence-electron chi connectivity index (χ2n) is 5.86. The van der Waals surface area contributed by atoms with E-state index in [9.17, 15) is 13.2 Å². The van der Waals surface area contributed by atoms with Crippen molar-refractivity contribution in [2.24, 2.45) is 4.99 Å². The summed E-state index contributed by atoms with van der Waals surface area (Å²) in [5.41, 5.74) is 1.96. The molecule has 10 heteroatoms. The second kappa shape index (κ2) is 12.3. The number of aliphatic imine (C=N–C) groups is 1. The van der Waals surface area contributed by atoms with Crippen LogP contribution in [0.4, 0.5) is 13.2 Å². The monoisotopic (exact) mass is 524 g/mol. The van der Waals surface area contributed by atoms with Gasteiger partial charge in [0.1, 0.15) is 5.75 Å². The van der Waals surface area contributed by atoms with E-state index in [4.69, 9.17) is 4.74 Å². The Balaban J connectivity index is 0.00000420. The van der Waals surface area contributed by atoms with Crippen LogP contribution in [0.1, 0.15) is 11.1 Å². The van der Waals surface area contributed by atoms with Crippen molar-refractivity contribution in [1.29, 1.82) is 0 Å². The van der Waals surface area contributed by atoms with Gasteiger partial charge in [-0.15, -0.1) is 24.0 Å². The number of nitrogens with zero attached hydrogens (tertiary/aromatic N) is 2. The molecule has 2 N–H and O–H groups in total. The lowest BCUT2D eigenvalue weighted by molar-refractivity contribution is -0.154.